The molecule has 16 heavy (non-hydrogen) atoms. The summed E-state index contributed by atoms with van der Waals surface area (Å²) in [5.74, 6) is 0.546. The van der Waals surface area contributed by atoms with Gasteiger partial charge < -0.3 is 9.64 Å². The van der Waals surface area contributed by atoms with E-state index in [9.17, 15) is 4.79 Å². The molecule has 0 unspecified atom stereocenters. The highest BCUT2D eigenvalue weighted by Gasteiger charge is 2.24. The minimum Gasteiger partial charge on any atom is -0.413 e. The fraction of sp³-hybridized carbons (Fsp3) is 0.308. The summed E-state index contributed by atoms with van der Waals surface area (Å²) >= 11 is 0. The molecule has 2 rings (SSSR count). The summed E-state index contributed by atoms with van der Waals surface area (Å²) in [6.07, 6.45) is 1.67. The molecular formula is C13H15NO2. The second-order valence-corrected chi connectivity index (χ2v) is 3.92. The zero-order valence-electron chi connectivity index (χ0n) is 9.19. The summed E-state index contributed by atoms with van der Waals surface area (Å²) in [4.78, 5) is 13.0. The lowest BCUT2D eigenvalue weighted by molar-refractivity contribution is 0.168. The Morgan fingerprint density at radius 2 is 2.06 bits per heavy atom. The molecule has 1 amide bonds. The molecule has 0 aliphatic carbocycles. The van der Waals surface area contributed by atoms with Crippen LogP contribution in [0.2, 0.25) is 0 Å². The zero-order chi connectivity index (χ0) is 11.4. The fourth-order valence-electron chi connectivity index (χ4n) is 1.79. The van der Waals surface area contributed by atoms with Gasteiger partial charge in [-0.05, 0) is 18.4 Å². The van der Waals surface area contributed by atoms with Crippen molar-refractivity contribution in [3.8, 4) is 0 Å². The number of nitrogens with zero attached hydrogens (tertiary/aromatic N) is 1. The maximum Gasteiger partial charge on any atom is 0.415 e. The van der Waals surface area contributed by atoms with Crippen molar-refractivity contribution in [3.05, 3.63) is 48.2 Å². The van der Waals surface area contributed by atoms with Crippen LogP contribution < -0.4 is 0 Å². The molecular weight excluding hydrogens is 202 g/mol. The van der Waals surface area contributed by atoms with Crippen molar-refractivity contribution in [1.29, 1.82) is 0 Å². The number of hydrogen-bond donors (Lipinski definition) is 0. The normalized spacial score (nSPS) is 15.4. The molecule has 3 heteroatoms. The van der Waals surface area contributed by atoms with E-state index in [1.165, 1.54) is 5.56 Å². The van der Waals surface area contributed by atoms with Gasteiger partial charge in [-0.3, -0.25) is 0 Å². The molecule has 1 aromatic carbocycles. The predicted octanol–water partition coefficient (Wildman–Crippen LogP) is 2.59. The zero-order valence-corrected chi connectivity index (χ0v) is 9.19. The third-order valence-corrected chi connectivity index (χ3v) is 2.59. The molecule has 0 spiro atoms. The van der Waals surface area contributed by atoms with Crippen LogP contribution in [0.15, 0.2) is 42.7 Å². The molecule has 3 nitrogen and oxygen atoms in total. The molecule has 0 N–H and O–H groups in total. The number of benzene rings is 1. The molecule has 1 fully saturated rings. The molecule has 0 atom stereocenters. The molecule has 84 valence electrons. The summed E-state index contributed by atoms with van der Waals surface area (Å²) in [5.41, 5.74) is 1.30. The Bertz CT molecular complexity index is 386. The fourth-order valence-corrected chi connectivity index (χ4v) is 1.79. The Labute approximate surface area is 95.3 Å². The van der Waals surface area contributed by atoms with E-state index in [0.29, 0.717) is 12.3 Å². The monoisotopic (exact) mass is 217 g/mol. The third kappa shape index (κ3) is 2.63. The molecule has 1 saturated heterocycles. The summed E-state index contributed by atoms with van der Waals surface area (Å²) < 4.78 is 4.87. The summed E-state index contributed by atoms with van der Waals surface area (Å²) in [6, 6.07) is 10.3. The van der Waals surface area contributed by atoms with Gasteiger partial charge in [0.15, 0.2) is 0 Å². The van der Waals surface area contributed by atoms with Crippen LogP contribution in [-0.2, 0) is 11.2 Å². The number of aryl methyl sites for hydroxylation is 1. The first kappa shape index (κ1) is 10.7. The first-order chi connectivity index (χ1) is 7.75. The van der Waals surface area contributed by atoms with Gasteiger partial charge in [0, 0.05) is 6.54 Å². The van der Waals surface area contributed by atoms with E-state index in [0.717, 1.165) is 19.4 Å². The minimum absolute atomic E-state index is 0.266. The number of carbonyl (C=O) groups excluding carboxylic acids is 1. The van der Waals surface area contributed by atoms with Crippen LogP contribution in [0.25, 0.3) is 0 Å². The molecule has 1 aliphatic heterocycles. The van der Waals surface area contributed by atoms with Crippen molar-refractivity contribution >= 4 is 6.09 Å². The van der Waals surface area contributed by atoms with Crippen molar-refractivity contribution < 1.29 is 9.53 Å². The van der Waals surface area contributed by atoms with Crippen LogP contribution in [0.5, 0.6) is 0 Å². The second-order valence-electron chi connectivity index (χ2n) is 3.92. The van der Waals surface area contributed by atoms with Crippen molar-refractivity contribution in [2.45, 2.75) is 12.8 Å². The van der Waals surface area contributed by atoms with Crippen LogP contribution >= 0.6 is 0 Å². The van der Waals surface area contributed by atoms with Crippen LogP contribution in [0.4, 0.5) is 4.79 Å². The Hall–Kier alpha value is -1.77. The first-order valence-corrected chi connectivity index (χ1v) is 5.44. The van der Waals surface area contributed by atoms with Gasteiger partial charge in [0.2, 0.25) is 0 Å². The van der Waals surface area contributed by atoms with E-state index in [1.807, 2.05) is 18.2 Å². The first-order valence-electron chi connectivity index (χ1n) is 5.44. The highest BCUT2D eigenvalue weighted by atomic mass is 16.6. The Kier molecular flexibility index (Phi) is 3.25. The van der Waals surface area contributed by atoms with Crippen LogP contribution in [0.1, 0.15) is 12.0 Å². The quantitative estimate of drug-likeness (QED) is 0.775. The van der Waals surface area contributed by atoms with E-state index >= 15 is 0 Å². The van der Waals surface area contributed by atoms with Gasteiger partial charge in [0.1, 0.15) is 5.76 Å². The van der Waals surface area contributed by atoms with Crippen molar-refractivity contribution in [2.75, 3.05) is 13.1 Å². The predicted molar refractivity (Wildman–Crippen MR) is 62.0 cm³/mol. The summed E-state index contributed by atoms with van der Waals surface area (Å²) in [6.45, 7) is 4.90. The lowest BCUT2D eigenvalue weighted by Crippen LogP contribution is -2.25. The van der Waals surface area contributed by atoms with Crippen molar-refractivity contribution in [3.63, 3.8) is 0 Å². The van der Waals surface area contributed by atoms with E-state index in [2.05, 4.69) is 18.7 Å². The number of ether oxygens (including phenoxy) is 1. The maximum absolute atomic E-state index is 11.3. The van der Waals surface area contributed by atoms with Crippen molar-refractivity contribution in [2.24, 2.45) is 0 Å². The lowest BCUT2D eigenvalue weighted by Gasteiger charge is -2.11. The third-order valence-electron chi connectivity index (χ3n) is 2.59. The van der Waals surface area contributed by atoms with E-state index in [1.54, 1.807) is 4.90 Å². The Morgan fingerprint density at radius 3 is 2.69 bits per heavy atom. The van der Waals surface area contributed by atoms with E-state index < -0.39 is 0 Å². The maximum atomic E-state index is 11.3. The van der Waals surface area contributed by atoms with Gasteiger partial charge >= 0.3 is 6.09 Å². The van der Waals surface area contributed by atoms with Gasteiger partial charge in [-0.1, -0.05) is 36.9 Å². The van der Waals surface area contributed by atoms with Gasteiger partial charge in [-0.15, -0.1) is 0 Å². The van der Waals surface area contributed by atoms with Gasteiger partial charge in [0.05, 0.1) is 6.54 Å². The molecule has 0 bridgehead atoms. The molecule has 1 aliphatic rings. The number of carbonyl (C=O) groups is 1. The largest absolute Gasteiger partial charge is 0.415 e. The number of rotatable bonds is 4. The van der Waals surface area contributed by atoms with Crippen molar-refractivity contribution in [1.82, 2.24) is 4.90 Å². The van der Waals surface area contributed by atoms with E-state index in [4.69, 9.17) is 4.74 Å². The average molecular weight is 217 g/mol. The molecule has 1 aromatic rings. The second kappa shape index (κ2) is 4.84. The average Bonchev–Trinajstić information content (AvgIpc) is 2.59. The molecule has 0 aromatic heterocycles. The molecule has 0 radical (unpaired) electrons. The topological polar surface area (TPSA) is 29.5 Å². The molecule has 0 saturated carbocycles. The molecule has 1 heterocycles. The van der Waals surface area contributed by atoms with Crippen LogP contribution in [0, 0.1) is 0 Å². The van der Waals surface area contributed by atoms with Gasteiger partial charge in [-0.25, -0.2) is 4.79 Å². The van der Waals surface area contributed by atoms with Crippen LogP contribution in [-0.4, -0.2) is 24.1 Å². The summed E-state index contributed by atoms with van der Waals surface area (Å²) in [7, 11) is 0. The number of cyclic esters (lactones) is 1. The highest BCUT2D eigenvalue weighted by molar-refractivity contribution is 5.71. The lowest BCUT2D eigenvalue weighted by atomic mass is 10.1. The standard InChI is InChI=1S/C13H15NO2/c1-11-10-14(13(15)16-11)9-5-8-12-6-3-2-4-7-12/h2-4,6-7H,1,5,8-10H2. The van der Waals surface area contributed by atoms with Gasteiger partial charge in [0.25, 0.3) is 0 Å². The summed E-state index contributed by atoms with van der Waals surface area (Å²) in [5, 5.41) is 0. The number of amides is 1. The highest BCUT2D eigenvalue weighted by Crippen LogP contribution is 2.13. The smallest absolute Gasteiger partial charge is 0.413 e. The van der Waals surface area contributed by atoms with Gasteiger partial charge in [-0.2, -0.15) is 0 Å². The number of hydrogen-bond acceptors (Lipinski definition) is 2. The van der Waals surface area contributed by atoms with E-state index in [-0.39, 0.29) is 6.09 Å². The Balaban J connectivity index is 1.76. The SMILES string of the molecule is C=C1CN(CCCc2ccccc2)C(=O)O1. The Morgan fingerprint density at radius 1 is 1.31 bits per heavy atom. The van der Waals surface area contributed by atoms with Crippen LogP contribution in [0.3, 0.4) is 0 Å². The minimum atomic E-state index is -0.266.